The first-order chi connectivity index (χ1) is 38.2. The first-order valence-corrected chi connectivity index (χ1v) is 15.2. The van der Waals surface area contributed by atoms with Gasteiger partial charge in [-0.3, -0.25) is 0 Å². The maximum Gasteiger partial charge on any atom is 0.107 e. The normalized spacial score (nSPS) is 19.2. The highest BCUT2D eigenvalue weighted by Gasteiger charge is 2.36. The molecule has 0 unspecified atom stereocenters. The maximum atomic E-state index is 9.25. The fraction of sp³-hybridized carbons (Fsp3) is 0.0385. The van der Waals surface area contributed by atoms with E-state index in [-0.39, 0.29) is 21.9 Å². The van der Waals surface area contributed by atoms with Crippen molar-refractivity contribution in [1.29, 1.82) is 0 Å². The summed E-state index contributed by atoms with van der Waals surface area (Å²) in [7, 11) is 0. The molecule has 0 N–H and O–H groups in total. The molecule has 0 aliphatic heterocycles. The molecule has 8 rings (SSSR count). The lowest BCUT2D eigenvalue weighted by molar-refractivity contribution is 0.809. The van der Waals surface area contributed by atoms with Gasteiger partial charge in [0.2, 0.25) is 0 Å². The first kappa shape index (κ1) is 13.0. The van der Waals surface area contributed by atoms with Gasteiger partial charge < -0.3 is 0 Å². The Hall–Kier alpha value is -6.86. The Bertz CT molecular complexity index is 3530. The second kappa shape index (κ2) is 14.5. The van der Waals surface area contributed by atoms with Gasteiger partial charge in [0.15, 0.2) is 0 Å². The lowest BCUT2D eigenvalue weighted by Gasteiger charge is -2.31. The molecular weight excluding hydrogens is 625 g/mol. The van der Waals surface area contributed by atoms with Crippen molar-refractivity contribution in [3.63, 3.8) is 0 Å². The van der Waals surface area contributed by atoms with Crippen LogP contribution in [0.25, 0.3) is 10.8 Å². The van der Waals surface area contributed by atoms with Gasteiger partial charge in [0.1, 0.15) is 10.8 Å². The van der Waals surface area contributed by atoms with Crippen LogP contribution in [0.15, 0.2) is 218 Å². The van der Waals surface area contributed by atoms with E-state index in [2.05, 4.69) is 23.7 Å². The Labute approximate surface area is 349 Å². The molecule has 0 aliphatic carbocycles. The molecule has 0 aromatic heterocycles. The maximum absolute atomic E-state index is 9.25. The largest absolute Gasteiger partial charge is 0.107 e. The molecule has 8 aromatic carbocycles. The van der Waals surface area contributed by atoms with Gasteiger partial charge in [-0.2, -0.15) is 0 Å². The van der Waals surface area contributed by atoms with Crippen LogP contribution in [0.2, 0.25) is 0 Å². The zero-order valence-corrected chi connectivity index (χ0v) is 26.5. The number of rotatable bonds is 6. The summed E-state index contributed by atoms with van der Waals surface area (Å²) in [6, 6.07) is -23.7. The second-order valence-corrected chi connectivity index (χ2v) is 10.7. The third kappa shape index (κ3) is 5.98. The van der Waals surface area contributed by atoms with E-state index in [4.69, 9.17) is 24.7 Å². The molecule has 0 fully saturated rings. The van der Waals surface area contributed by atoms with Gasteiger partial charge in [-0.15, -0.1) is 0 Å². The molecule has 52 heavy (non-hydrogen) atoms. The molecule has 0 atom stereocenters. The van der Waals surface area contributed by atoms with E-state index in [0.29, 0.717) is 0 Å². The molecule has 0 spiro atoms. The monoisotopic (exact) mass is 690 g/mol. The number of fused-ring (bicyclic) bond motifs is 1. The Kier molecular flexibility index (Phi) is 3.65. The van der Waals surface area contributed by atoms with E-state index in [1.54, 1.807) is 0 Å². The van der Waals surface area contributed by atoms with Gasteiger partial charge >= 0.3 is 0 Å². The molecule has 0 saturated heterocycles. The van der Waals surface area contributed by atoms with Crippen molar-refractivity contribution < 1.29 is 41.1 Å². The summed E-state index contributed by atoms with van der Waals surface area (Å²) in [6.45, 7) is 0. The Balaban J connectivity index is 1.61. The molecular formula is C52H36. The molecule has 0 radical (unpaired) electrons. The molecule has 0 heteroatoms. The fourth-order valence-electron chi connectivity index (χ4n) is 5.59. The van der Waals surface area contributed by atoms with Gasteiger partial charge in [0, 0.05) is 11.1 Å². The van der Waals surface area contributed by atoms with Crippen LogP contribution in [0, 0.1) is 23.7 Å². The quantitative estimate of drug-likeness (QED) is 0.120. The van der Waals surface area contributed by atoms with E-state index in [0.717, 1.165) is 0 Å². The molecule has 0 aliphatic rings. The Morgan fingerprint density at radius 1 is 0.308 bits per heavy atom. The molecule has 8 aromatic rings. The molecule has 0 bridgehead atoms. The van der Waals surface area contributed by atoms with Crippen molar-refractivity contribution >= 4 is 10.8 Å². The van der Waals surface area contributed by atoms with E-state index in [1.807, 2.05) is 0 Å². The van der Waals surface area contributed by atoms with Crippen molar-refractivity contribution in [3.05, 3.63) is 262 Å². The summed E-state index contributed by atoms with van der Waals surface area (Å²) in [5.74, 6) is 11.0. The van der Waals surface area contributed by atoms with Crippen LogP contribution in [0.1, 0.15) is 85.6 Å². The van der Waals surface area contributed by atoms with Gasteiger partial charge in [0.25, 0.3) is 0 Å². The minimum Gasteiger partial charge on any atom is -0.0765 e. The highest BCUT2D eigenvalue weighted by Crippen LogP contribution is 2.40. The SMILES string of the molecule is [2H]c1c([2H])c([2H])c(C(C#Cc2ccc(C#CC(c3c([2H])c([2H])c([2H])c([2H])c3[2H])(c3c([2H])c([2H])c([2H])c([2H])c3[2H])c3c([2H])c([2H])c([2H])c([2H])c3[2H])c3ccccc23)(c2c([2H])c([2H])c([2H])c([2H])c2[2H])c2c([2H])c([2H])c([2H])c([2H])c2[2H])c([2H])c1[2H]. The number of hydrogen-bond donors (Lipinski definition) is 0. The highest BCUT2D eigenvalue weighted by atomic mass is 14.4. The van der Waals surface area contributed by atoms with Gasteiger partial charge in [0.05, 0.1) is 41.1 Å². The van der Waals surface area contributed by atoms with Crippen molar-refractivity contribution in [1.82, 2.24) is 0 Å². The molecule has 0 saturated carbocycles. The smallest absolute Gasteiger partial charge is 0.0765 e. The van der Waals surface area contributed by atoms with Crippen LogP contribution in [-0.4, -0.2) is 0 Å². The first-order valence-electron chi connectivity index (χ1n) is 30.2. The minimum atomic E-state index is -3.18. The molecule has 244 valence electrons. The minimum absolute atomic E-state index is 0.0397. The molecule has 0 amide bonds. The fourth-order valence-corrected chi connectivity index (χ4v) is 5.59. The lowest BCUT2D eigenvalue weighted by Crippen LogP contribution is -2.27. The second-order valence-electron chi connectivity index (χ2n) is 10.7. The summed E-state index contributed by atoms with van der Waals surface area (Å²) in [5, 5.41) is 0.0795. The van der Waals surface area contributed by atoms with Gasteiger partial charge in [-0.1, -0.05) is 229 Å². The summed E-state index contributed by atoms with van der Waals surface area (Å²) < 4.78 is 266. The van der Waals surface area contributed by atoms with Crippen molar-refractivity contribution in [3.8, 4) is 23.7 Å². The average molecular weight is 691 g/mol. The highest BCUT2D eigenvalue weighted by molar-refractivity contribution is 5.93. The van der Waals surface area contributed by atoms with Crippen molar-refractivity contribution in [2.24, 2.45) is 0 Å². The zero-order chi connectivity index (χ0) is 61.2. The zero-order valence-electron chi connectivity index (χ0n) is 56.5. The lowest BCUT2D eigenvalue weighted by atomic mass is 9.69. The van der Waals surface area contributed by atoms with Crippen LogP contribution in [0.4, 0.5) is 0 Å². The van der Waals surface area contributed by atoms with E-state index >= 15 is 0 Å². The topological polar surface area (TPSA) is 0 Å². The Morgan fingerprint density at radius 3 is 0.769 bits per heavy atom. The molecule has 0 nitrogen and oxygen atoms in total. The van der Waals surface area contributed by atoms with Crippen LogP contribution in [0.5, 0.6) is 0 Å². The summed E-state index contributed by atoms with van der Waals surface area (Å²) in [5.41, 5.74) is -12.6. The van der Waals surface area contributed by atoms with Crippen LogP contribution >= 0.6 is 0 Å². The van der Waals surface area contributed by atoms with E-state index in [9.17, 15) is 16.4 Å². The van der Waals surface area contributed by atoms with E-state index < -0.39 is 225 Å². The van der Waals surface area contributed by atoms with Crippen LogP contribution < -0.4 is 0 Å². The third-order valence-corrected chi connectivity index (χ3v) is 7.94. The number of hydrogen-bond acceptors (Lipinski definition) is 0. The average Bonchev–Trinajstić information content (AvgIpc) is 0.860. The summed E-state index contributed by atoms with van der Waals surface area (Å²) in [6.07, 6.45) is 0. The standard InChI is InChI=1S/C52H36/c1-7-21-43(22-8-1)51(44-23-9-2-10-24-44,45-25-11-3-12-26-45)39-37-41-35-36-42(50-34-20-19-33-49(41)50)38-40-52(46-27-13-4-14-28-46,47-29-15-5-16-30-47)48-31-17-6-18-32-48/h1-36H/i1D,2D,3D,4D,5D,6D,7D,8D,9D,10D,11D,12D,13D,14D,15D,16D,17D,18D,21D,22D,23D,24D,25D,26D,27D,28D,29D,30D,31D,32D. The molecule has 0 heterocycles. The summed E-state index contributed by atoms with van der Waals surface area (Å²) >= 11 is 0. The van der Waals surface area contributed by atoms with Crippen LogP contribution in [0.3, 0.4) is 0 Å². The van der Waals surface area contributed by atoms with Crippen molar-refractivity contribution in [2.45, 2.75) is 10.8 Å². The third-order valence-electron chi connectivity index (χ3n) is 7.94. The van der Waals surface area contributed by atoms with Gasteiger partial charge in [-0.05, 0) is 56.3 Å². The predicted octanol–water partition coefficient (Wildman–Crippen LogP) is 11.6. The van der Waals surface area contributed by atoms with Crippen LogP contribution in [-0.2, 0) is 10.8 Å². The predicted molar refractivity (Wildman–Crippen MR) is 216 cm³/mol. The van der Waals surface area contributed by atoms with Gasteiger partial charge in [-0.25, -0.2) is 0 Å². The number of benzene rings is 8. The van der Waals surface area contributed by atoms with E-state index in [1.165, 1.54) is 36.4 Å². The summed E-state index contributed by atoms with van der Waals surface area (Å²) in [4.78, 5) is 0. The Morgan fingerprint density at radius 2 is 0.538 bits per heavy atom. The van der Waals surface area contributed by atoms with Crippen molar-refractivity contribution in [2.75, 3.05) is 0 Å².